The third-order valence-corrected chi connectivity index (χ3v) is 2.26. The van der Waals surface area contributed by atoms with Gasteiger partial charge in [0.2, 0.25) is 0 Å². The molecule has 0 aromatic rings. The van der Waals surface area contributed by atoms with Gasteiger partial charge in [0.15, 0.2) is 0 Å². The monoisotopic (exact) mass is 182 g/mol. The fourth-order valence-corrected chi connectivity index (χ4v) is 1.06. The predicted octanol–water partition coefficient (Wildman–Crippen LogP) is 2.95. The van der Waals surface area contributed by atoms with E-state index in [1.54, 1.807) is 0 Å². The van der Waals surface area contributed by atoms with Gasteiger partial charge >= 0.3 is 0 Å². The van der Waals surface area contributed by atoms with Gasteiger partial charge in [0.25, 0.3) is 0 Å². The lowest BCUT2D eigenvalue weighted by Gasteiger charge is -2.05. The fourth-order valence-electron chi connectivity index (χ4n) is 0.260. The molecule has 54 valence electrons. The molecule has 0 radical (unpaired) electrons. The maximum atomic E-state index is 5.32. The zero-order valence-electron chi connectivity index (χ0n) is 5.79. The lowest BCUT2D eigenvalue weighted by Crippen LogP contribution is -1.85. The fraction of sp³-hybridized carbons (Fsp3) is 0.600. The number of hydrogen-bond acceptors (Lipinski definition) is 1. The molecule has 0 aromatic carbocycles. The van der Waals surface area contributed by atoms with Gasteiger partial charge in [-0.15, -0.1) is 0 Å². The van der Waals surface area contributed by atoms with Crippen LogP contribution in [0, 0.1) is 0 Å². The smallest absolute Gasteiger partial charge is 0.0725 e. The van der Waals surface area contributed by atoms with E-state index >= 15 is 0 Å². The van der Waals surface area contributed by atoms with Crippen molar-refractivity contribution >= 4 is 25.4 Å². The van der Waals surface area contributed by atoms with Crippen LogP contribution in [0.25, 0.3) is 0 Å². The van der Waals surface area contributed by atoms with E-state index < -0.39 is 0 Å². The highest BCUT2D eigenvalue weighted by molar-refractivity contribution is 8.41. The van der Waals surface area contributed by atoms with Crippen molar-refractivity contribution < 1.29 is 4.52 Å². The first kappa shape index (κ1) is 9.99. The molecule has 0 N–H and O–H groups in total. The summed E-state index contributed by atoms with van der Waals surface area (Å²) in [6.45, 7) is 4.84. The summed E-state index contributed by atoms with van der Waals surface area (Å²) in [5, 5.41) is 0. The molecule has 4 heteroatoms. The maximum absolute atomic E-state index is 5.32. The summed E-state index contributed by atoms with van der Waals surface area (Å²) < 4.78 is 5.32. The van der Waals surface area contributed by atoms with Gasteiger partial charge in [-0.2, -0.15) is 0 Å². The van der Waals surface area contributed by atoms with Gasteiger partial charge in [-0.05, 0) is 13.8 Å². The van der Waals surface area contributed by atoms with E-state index in [1.165, 1.54) is 5.57 Å². The van der Waals surface area contributed by atoms with Gasteiger partial charge in [0, 0.05) is 0 Å². The maximum Gasteiger partial charge on any atom is 0.0725 e. The van der Waals surface area contributed by atoms with Crippen molar-refractivity contribution in [2.45, 2.75) is 13.8 Å². The average molecular weight is 182 g/mol. The quantitative estimate of drug-likeness (QED) is 0.481. The van der Waals surface area contributed by atoms with Crippen molar-refractivity contribution in [3.8, 4) is 0 Å². The molecule has 0 aromatic heterocycles. The van der Waals surface area contributed by atoms with Gasteiger partial charge in [-0.25, -0.2) is 0 Å². The second-order valence-electron chi connectivity index (χ2n) is 1.77. The lowest BCUT2D eigenvalue weighted by atomic mass is 10.3. The number of hydrogen-bond donors (Lipinski definition) is 0. The van der Waals surface area contributed by atoms with Crippen molar-refractivity contribution in [2.75, 3.05) is 6.61 Å². The SMILES string of the molecule is C/C=C(/C)COP(P)P. The van der Waals surface area contributed by atoms with Crippen molar-refractivity contribution in [3.63, 3.8) is 0 Å². The van der Waals surface area contributed by atoms with E-state index in [0.29, 0.717) is 0 Å². The molecule has 2 unspecified atom stereocenters. The molecule has 0 aliphatic rings. The van der Waals surface area contributed by atoms with Crippen LogP contribution in [0.4, 0.5) is 0 Å². The molecule has 1 nitrogen and oxygen atoms in total. The first-order valence-electron chi connectivity index (χ1n) is 2.71. The van der Waals surface area contributed by atoms with Gasteiger partial charge in [-0.1, -0.05) is 29.5 Å². The van der Waals surface area contributed by atoms with Crippen LogP contribution in [0.5, 0.6) is 0 Å². The summed E-state index contributed by atoms with van der Waals surface area (Å²) in [7, 11) is 4.90. The van der Waals surface area contributed by atoms with Crippen LogP contribution in [0.1, 0.15) is 13.8 Å². The molecule has 0 saturated heterocycles. The minimum atomic E-state index is -0.346. The van der Waals surface area contributed by atoms with Crippen LogP contribution >= 0.6 is 25.4 Å². The van der Waals surface area contributed by atoms with E-state index in [0.717, 1.165) is 6.61 Å². The minimum absolute atomic E-state index is 0.346. The molecule has 0 spiro atoms. The molecular formula is C5H13OP3. The normalized spacial score (nSPS) is 12.8. The summed E-state index contributed by atoms with van der Waals surface area (Å²) >= 11 is 0. The molecule has 0 saturated carbocycles. The Morgan fingerprint density at radius 3 is 2.56 bits per heavy atom. The molecule has 0 amide bonds. The third-order valence-electron chi connectivity index (χ3n) is 0.934. The lowest BCUT2D eigenvalue weighted by molar-refractivity contribution is 0.408. The standard InChI is InChI=1S/C5H13OP3/c1-3-5(2)4-6-9(7)8/h3H,4,7-8H2,1-2H3/b5-3-. The van der Waals surface area contributed by atoms with Gasteiger partial charge in [-0.3, -0.25) is 0 Å². The van der Waals surface area contributed by atoms with E-state index in [4.69, 9.17) is 4.52 Å². The summed E-state index contributed by atoms with van der Waals surface area (Å²) in [6.07, 6.45) is 2.06. The van der Waals surface area contributed by atoms with Crippen LogP contribution < -0.4 is 0 Å². The van der Waals surface area contributed by atoms with Crippen LogP contribution in [0.15, 0.2) is 11.6 Å². The zero-order valence-corrected chi connectivity index (χ0v) is 9.00. The highest BCUT2D eigenvalue weighted by Crippen LogP contribution is 2.53. The molecule has 0 aliphatic heterocycles. The van der Waals surface area contributed by atoms with E-state index in [9.17, 15) is 0 Å². The molecular weight excluding hydrogens is 169 g/mol. The van der Waals surface area contributed by atoms with Gasteiger partial charge < -0.3 is 4.52 Å². The second-order valence-corrected chi connectivity index (χ2v) is 7.59. The molecule has 0 bridgehead atoms. The van der Waals surface area contributed by atoms with Crippen molar-refractivity contribution in [3.05, 3.63) is 11.6 Å². The van der Waals surface area contributed by atoms with Crippen molar-refractivity contribution in [1.82, 2.24) is 0 Å². The Labute approximate surface area is 62.7 Å². The summed E-state index contributed by atoms with van der Waals surface area (Å²) in [5.41, 5.74) is 1.28. The molecule has 0 aliphatic carbocycles. The second kappa shape index (κ2) is 5.75. The molecule has 9 heavy (non-hydrogen) atoms. The van der Waals surface area contributed by atoms with E-state index in [1.807, 2.05) is 6.92 Å². The third kappa shape index (κ3) is 6.88. The van der Waals surface area contributed by atoms with Gasteiger partial charge in [0.1, 0.15) is 0 Å². The Morgan fingerprint density at radius 1 is 1.67 bits per heavy atom. The highest BCUT2D eigenvalue weighted by atomic mass is 32.4. The summed E-state index contributed by atoms with van der Waals surface area (Å²) in [5.74, 6) is 0. The Bertz CT molecular complexity index is 100. The Kier molecular flexibility index (Phi) is 6.38. The van der Waals surface area contributed by atoms with Crippen LogP contribution in [0.3, 0.4) is 0 Å². The minimum Gasteiger partial charge on any atom is -0.347 e. The van der Waals surface area contributed by atoms with E-state index in [-0.39, 0.29) is 7.53 Å². The van der Waals surface area contributed by atoms with E-state index in [2.05, 4.69) is 30.9 Å². The Balaban J connectivity index is 3.28. The largest absolute Gasteiger partial charge is 0.347 e. The first-order chi connectivity index (χ1) is 4.16. The van der Waals surface area contributed by atoms with Gasteiger partial charge in [0.05, 0.1) is 14.1 Å². The zero-order chi connectivity index (χ0) is 7.28. The number of rotatable bonds is 3. The number of allylic oxidation sites excluding steroid dienone is 1. The topological polar surface area (TPSA) is 9.23 Å². The highest BCUT2D eigenvalue weighted by Gasteiger charge is 1.91. The van der Waals surface area contributed by atoms with Crippen molar-refractivity contribution in [1.29, 1.82) is 0 Å². The Morgan fingerprint density at radius 2 is 2.22 bits per heavy atom. The molecule has 2 atom stereocenters. The predicted molar refractivity (Wildman–Crippen MR) is 51.7 cm³/mol. The van der Waals surface area contributed by atoms with Crippen LogP contribution in [0.2, 0.25) is 0 Å². The molecule has 0 rings (SSSR count). The van der Waals surface area contributed by atoms with Crippen LogP contribution in [-0.2, 0) is 4.52 Å². The summed E-state index contributed by atoms with van der Waals surface area (Å²) in [4.78, 5) is 0. The molecule has 0 fully saturated rings. The Hall–Kier alpha value is 0.990. The average Bonchev–Trinajstić information content (AvgIpc) is 1.83. The first-order valence-corrected chi connectivity index (χ1v) is 7.20. The summed E-state index contributed by atoms with van der Waals surface area (Å²) in [6, 6.07) is 0. The van der Waals surface area contributed by atoms with Crippen LogP contribution in [-0.4, -0.2) is 6.61 Å². The van der Waals surface area contributed by atoms with Crippen molar-refractivity contribution in [2.24, 2.45) is 0 Å². The molecule has 0 heterocycles.